The summed E-state index contributed by atoms with van der Waals surface area (Å²) in [5.74, 6) is 0. The Morgan fingerprint density at radius 3 is 2.04 bits per heavy atom. The summed E-state index contributed by atoms with van der Waals surface area (Å²) in [7, 11) is 0. The summed E-state index contributed by atoms with van der Waals surface area (Å²) in [6, 6.07) is 0.223. The van der Waals surface area contributed by atoms with Crippen molar-refractivity contribution < 1.29 is 20.1 Å². The molecule has 150 valence electrons. The molecule has 5 nitrogen and oxygen atoms in total. The third-order valence-electron chi connectivity index (χ3n) is 5.22. The van der Waals surface area contributed by atoms with Gasteiger partial charge in [0.25, 0.3) is 0 Å². The molecule has 0 radical (unpaired) electrons. The maximum atomic E-state index is 9.95. The molecule has 1 fully saturated rings. The topological polar surface area (TPSA) is 82.0 Å². The lowest BCUT2D eigenvalue weighted by molar-refractivity contribution is -0.189. The van der Waals surface area contributed by atoms with Crippen LogP contribution in [-0.2, 0) is 4.74 Å². The van der Waals surface area contributed by atoms with Gasteiger partial charge in [-0.2, -0.15) is 0 Å². The number of nitrogens with one attached hydrogen (secondary N) is 1. The highest BCUT2D eigenvalue weighted by Gasteiger charge is 2.37. The number of unbranched alkanes of at least 4 members (excludes halogenated alkanes) is 9. The minimum atomic E-state index is -1.10. The van der Waals surface area contributed by atoms with Crippen molar-refractivity contribution in [3.63, 3.8) is 0 Å². The van der Waals surface area contributed by atoms with E-state index >= 15 is 0 Å². The fraction of sp³-hybridized carbons (Fsp3) is 1.00. The van der Waals surface area contributed by atoms with Crippen LogP contribution in [0.15, 0.2) is 0 Å². The molecule has 0 aromatic rings. The second-order valence-electron chi connectivity index (χ2n) is 7.69. The van der Waals surface area contributed by atoms with E-state index in [2.05, 4.69) is 19.2 Å². The van der Waals surface area contributed by atoms with Gasteiger partial charge in [-0.1, -0.05) is 64.7 Å². The molecule has 1 aliphatic rings. The molecule has 0 bridgehead atoms. The zero-order valence-corrected chi connectivity index (χ0v) is 16.3. The SMILES string of the molecule is CCCCCCCCCCCCNC(C)C[C@@H]1OC[C@@H](O)C(O)[C@H]1O. The molecule has 0 saturated carbocycles. The summed E-state index contributed by atoms with van der Waals surface area (Å²) in [6.45, 7) is 5.40. The van der Waals surface area contributed by atoms with Gasteiger partial charge in [-0.15, -0.1) is 0 Å². The van der Waals surface area contributed by atoms with Gasteiger partial charge < -0.3 is 25.4 Å². The summed E-state index contributed by atoms with van der Waals surface area (Å²) in [4.78, 5) is 0. The maximum Gasteiger partial charge on any atom is 0.111 e. The molecule has 1 rings (SSSR count). The third-order valence-corrected chi connectivity index (χ3v) is 5.22. The van der Waals surface area contributed by atoms with Gasteiger partial charge in [-0.25, -0.2) is 0 Å². The first kappa shape index (κ1) is 22.8. The van der Waals surface area contributed by atoms with Crippen LogP contribution in [0.4, 0.5) is 0 Å². The number of rotatable bonds is 14. The molecule has 0 aromatic carbocycles. The molecule has 5 heteroatoms. The first-order chi connectivity index (χ1) is 12.1. The Bertz CT molecular complexity index is 316. The van der Waals surface area contributed by atoms with Crippen LogP contribution in [0.25, 0.3) is 0 Å². The highest BCUT2D eigenvalue weighted by molar-refractivity contribution is 4.88. The van der Waals surface area contributed by atoms with Crippen LogP contribution in [0.2, 0.25) is 0 Å². The summed E-state index contributed by atoms with van der Waals surface area (Å²) in [6.07, 6.45) is 10.5. The molecule has 1 heterocycles. The van der Waals surface area contributed by atoms with Crippen molar-refractivity contribution in [2.75, 3.05) is 13.2 Å². The predicted molar refractivity (Wildman–Crippen MR) is 102 cm³/mol. The summed E-state index contributed by atoms with van der Waals surface area (Å²) in [5.41, 5.74) is 0. The van der Waals surface area contributed by atoms with Crippen molar-refractivity contribution in [2.45, 2.75) is 115 Å². The van der Waals surface area contributed by atoms with Crippen molar-refractivity contribution in [3.05, 3.63) is 0 Å². The summed E-state index contributed by atoms with van der Waals surface area (Å²) < 4.78 is 5.45. The molecule has 0 aliphatic carbocycles. The van der Waals surface area contributed by atoms with Gasteiger partial charge in [0.05, 0.1) is 12.7 Å². The fourth-order valence-corrected chi connectivity index (χ4v) is 3.47. The van der Waals surface area contributed by atoms with Crippen LogP contribution in [0.3, 0.4) is 0 Å². The monoisotopic (exact) mass is 359 g/mol. The zero-order valence-electron chi connectivity index (χ0n) is 16.3. The Morgan fingerprint density at radius 1 is 0.880 bits per heavy atom. The van der Waals surface area contributed by atoms with Crippen LogP contribution in [0.5, 0.6) is 0 Å². The van der Waals surface area contributed by atoms with Gasteiger partial charge >= 0.3 is 0 Å². The van der Waals surface area contributed by atoms with Crippen LogP contribution in [0.1, 0.15) is 84.5 Å². The third kappa shape index (κ3) is 9.90. The Balaban J connectivity index is 1.94. The smallest absolute Gasteiger partial charge is 0.111 e. The zero-order chi connectivity index (χ0) is 18.5. The first-order valence-corrected chi connectivity index (χ1v) is 10.5. The van der Waals surface area contributed by atoms with Gasteiger partial charge in [-0.3, -0.25) is 0 Å². The van der Waals surface area contributed by atoms with Crippen LogP contribution >= 0.6 is 0 Å². The lowest BCUT2D eigenvalue weighted by Gasteiger charge is -2.36. The van der Waals surface area contributed by atoms with E-state index in [4.69, 9.17) is 4.74 Å². The number of aliphatic hydroxyl groups is 3. The minimum absolute atomic E-state index is 0.0913. The normalized spacial score (nSPS) is 28.2. The summed E-state index contributed by atoms with van der Waals surface area (Å²) in [5, 5.41) is 32.6. The lowest BCUT2D eigenvalue weighted by Crippen LogP contribution is -2.54. The molecule has 25 heavy (non-hydrogen) atoms. The molecule has 0 spiro atoms. The molecular weight excluding hydrogens is 318 g/mol. The van der Waals surface area contributed by atoms with Crippen LogP contribution in [-0.4, -0.2) is 58.9 Å². The average Bonchev–Trinajstić information content (AvgIpc) is 2.60. The van der Waals surface area contributed by atoms with Crippen molar-refractivity contribution in [2.24, 2.45) is 0 Å². The molecule has 5 atom stereocenters. The lowest BCUT2D eigenvalue weighted by atomic mass is 9.95. The highest BCUT2D eigenvalue weighted by Crippen LogP contribution is 2.19. The summed E-state index contributed by atoms with van der Waals surface area (Å²) >= 11 is 0. The van der Waals surface area contributed by atoms with Crippen LogP contribution in [0, 0.1) is 0 Å². The molecule has 0 aromatic heterocycles. The van der Waals surface area contributed by atoms with Crippen molar-refractivity contribution in [3.8, 4) is 0 Å². The van der Waals surface area contributed by atoms with E-state index in [0.717, 1.165) is 6.54 Å². The predicted octanol–water partition coefficient (Wildman–Crippen LogP) is 2.76. The number of ether oxygens (including phenoxy) is 1. The first-order valence-electron chi connectivity index (χ1n) is 10.5. The Morgan fingerprint density at radius 2 is 1.44 bits per heavy atom. The second kappa shape index (κ2) is 13.9. The Hall–Kier alpha value is -0.200. The van der Waals surface area contributed by atoms with Gasteiger partial charge in [0.15, 0.2) is 0 Å². The largest absolute Gasteiger partial charge is 0.388 e. The van der Waals surface area contributed by atoms with Gasteiger partial charge in [0.2, 0.25) is 0 Å². The van der Waals surface area contributed by atoms with E-state index in [0.29, 0.717) is 6.42 Å². The van der Waals surface area contributed by atoms with Crippen molar-refractivity contribution >= 4 is 0 Å². The second-order valence-corrected chi connectivity index (χ2v) is 7.69. The molecule has 1 aliphatic heterocycles. The highest BCUT2D eigenvalue weighted by atomic mass is 16.5. The fourth-order valence-electron chi connectivity index (χ4n) is 3.47. The van der Waals surface area contributed by atoms with E-state index < -0.39 is 24.4 Å². The van der Waals surface area contributed by atoms with Gasteiger partial charge in [-0.05, 0) is 26.3 Å². The van der Waals surface area contributed by atoms with E-state index in [1.165, 1.54) is 64.2 Å². The number of hydrogen-bond donors (Lipinski definition) is 4. The van der Waals surface area contributed by atoms with E-state index in [1.807, 2.05) is 0 Å². The Kier molecular flexibility index (Phi) is 12.7. The maximum absolute atomic E-state index is 9.95. The van der Waals surface area contributed by atoms with E-state index in [9.17, 15) is 15.3 Å². The van der Waals surface area contributed by atoms with Gasteiger partial charge in [0.1, 0.15) is 18.3 Å². The quantitative estimate of drug-likeness (QED) is 0.359. The Labute approximate surface area is 154 Å². The number of hydrogen-bond acceptors (Lipinski definition) is 5. The molecular formula is C20H41NO4. The molecule has 2 unspecified atom stereocenters. The van der Waals surface area contributed by atoms with E-state index in [1.54, 1.807) is 0 Å². The van der Waals surface area contributed by atoms with Crippen molar-refractivity contribution in [1.82, 2.24) is 5.32 Å². The van der Waals surface area contributed by atoms with E-state index in [-0.39, 0.29) is 12.6 Å². The minimum Gasteiger partial charge on any atom is -0.388 e. The van der Waals surface area contributed by atoms with Gasteiger partial charge in [0, 0.05) is 6.04 Å². The molecule has 1 saturated heterocycles. The molecule has 0 amide bonds. The van der Waals surface area contributed by atoms with Crippen molar-refractivity contribution in [1.29, 1.82) is 0 Å². The standard InChI is InChI=1S/C20H41NO4/c1-3-4-5-6-7-8-9-10-11-12-13-21-16(2)14-18-20(24)19(23)17(22)15-25-18/h16-24H,3-15H2,1-2H3/t16?,17-,18+,19?,20+/m1/s1. The molecule has 4 N–H and O–H groups in total. The average molecular weight is 360 g/mol. The van der Waals surface area contributed by atoms with Crippen LogP contribution < -0.4 is 5.32 Å². The number of aliphatic hydroxyl groups excluding tert-OH is 3.